The van der Waals surface area contributed by atoms with Crippen LogP contribution >= 0.6 is 0 Å². The summed E-state index contributed by atoms with van der Waals surface area (Å²) in [6.07, 6.45) is 1.21. The average molecular weight is 291 g/mol. The molecule has 1 aliphatic rings. The molecule has 21 heavy (non-hydrogen) atoms. The minimum Gasteiger partial charge on any atom is -0.497 e. The van der Waals surface area contributed by atoms with E-state index < -0.39 is 0 Å². The quantitative estimate of drug-likeness (QED) is 0.928. The van der Waals surface area contributed by atoms with Crippen LogP contribution in [0.15, 0.2) is 24.3 Å². The molecular formula is C17H25NO3. The Labute approximate surface area is 126 Å². The summed E-state index contributed by atoms with van der Waals surface area (Å²) < 4.78 is 10.9. The molecule has 1 aliphatic heterocycles. The zero-order chi connectivity index (χ0) is 15.5. The van der Waals surface area contributed by atoms with Crippen molar-refractivity contribution in [3.8, 4) is 5.75 Å². The monoisotopic (exact) mass is 291 g/mol. The van der Waals surface area contributed by atoms with Gasteiger partial charge < -0.3 is 14.8 Å². The first-order valence-electron chi connectivity index (χ1n) is 7.45. The van der Waals surface area contributed by atoms with Crippen molar-refractivity contribution < 1.29 is 14.3 Å². The number of hydrogen-bond donors (Lipinski definition) is 1. The topological polar surface area (TPSA) is 47.6 Å². The van der Waals surface area contributed by atoms with Crippen LogP contribution in [0, 0.1) is 11.3 Å². The first-order chi connectivity index (χ1) is 9.91. The van der Waals surface area contributed by atoms with Gasteiger partial charge in [0.2, 0.25) is 0 Å². The highest BCUT2D eigenvalue weighted by Gasteiger charge is 2.37. The van der Waals surface area contributed by atoms with Crippen LogP contribution in [-0.2, 0) is 4.74 Å². The van der Waals surface area contributed by atoms with E-state index in [-0.39, 0.29) is 17.4 Å². The van der Waals surface area contributed by atoms with E-state index in [1.807, 2.05) is 0 Å². The summed E-state index contributed by atoms with van der Waals surface area (Å²) in [5.74, 6) is 1.09. The highest BCUT2D eigenvalue weighted by molar-refractivity contribution is 5.94. The maximum absolute atomic E-state index is 12.2. The molecule has 1 saturated heterocycles. The van der Waals surface area contributed by atoms with Gasteiger partial charge in [0.05, 0.1) is 13.2 Å². The Bertz CT molecular complexity index is 476. The van der Waals surface area contributed by atoms with E-state index in [0.717, 1.165) is 18.8 Å². The lowest BCUT2D eigenvalue weighted by Crippen LogP contribution is -2.38. The SMILES string of the molecule is COc1ccc(C(=O)NC[C@H]2CCO[C@@H]2C(C)(C)C)cc1. The minimum absolute atomic E-state index is 0.0442. The fourth-order valence-corrected chi connectivity index (χ4v) is 2.87. The van der Waals surface area contributed by atoms with Crippen LogP contribution in [0.4, 0.5) is 0 Å². The highest BCUT2D eigenvalue weighted by Crippen LogP contribution is 2.34. The van der Waals surface area contributed by atoms with Crippen LogP contribution in [0.3, 0.4) is 0 Å². The van der Waals surface area contributed by atoms with Crippen LogP contribution in [-0.4, -0.2) is 32.3 Å². The molecule has 116 valence electrons. The predicted molar refractivity (Wildman–Crippen MR) is 82.6 cm³/mol. The van der Waals surface area contributed by atoms with Crippen LogP contribution in [0.25, 0.3) is 0 Å². The molecule has 2 rings (SSSR count). The van der Waals surface area contributed by atoms with Crippen molar-refractivity contribution in [2.45, 2.75) is 33.3 Å². The van der Waals surface area contributed by atoms with E-state index in [0.29, 0.717) is 18.0 Å². The number of ether oxygens (including phenoxy) is 2. The second kappa shape index (κ2) is 6.48. The number of benzene rings is 1. The smallest absolute Gasteiger partial charge is 0.251 e. The van der Waals surface area contributed by atoms with E-state index in [2.05, 4.69) is 26.1 Å². The summed E-state index contributed by atoms with van der Waals surface area (Å²) >= 11 is 0. The summed E-state index contributed by atoms with van der Waals surface area (Å²) in [7, 11) is 1.61. The van der Waals surface area contributed by atoms with E-state index >= 15 is 0 Å². The molecule has 0 saturated carbocycles. The van der Waals surface area contributed by atoms with Crippen LogP contribution < -0.4 is 10.1 Å². The zero-order valence-electron chi connectivity index (χ0n) is 13.3. The largest absolute Gasteiger partial charge is 0.497 e. The van der Waals surface area contributed by atoms with Gasteiger partial charge in [-0.05, 0) is 36.1 Å². The van der Waals surface area contributed by atoms with E-state index in [1.165, 1.54) is 0 Å². The first-order valence-corrected chi connectivity index (χ1v) is 7.45. The van der Waals surface area contributed by atoms with Gasteiger partial charge in [0.15, 0.2) is 0 Å². The van der Waals surface area contributed by atoms with Crippen molar-refractivity contribution >= 4 is 5.91 Å². The number of rotatable bonds is 4. The average Bonchev–Trinajstić information content (AvgIpc) is 2.93. The molecule has 4 heteroatoms. The second-order valence-corrected chi connectivity index (χ2v) is 6.64. The van der Waals surface area contributed by atoms with Crippen molar-refractivity contribution in [3.63, 3.8) is 0 Å². The Morgan fingerprint density at radius 2 is 2.00 bits per heavy atom. The summed E-state index contributed by atoms with van der Waals surface area (Å²) in [5, 5.41) is 3.02. The van der Waals surface area contributed by atoms with Crippen molar-refractivity contribution in [2.24, 2.45) is 11.3 Å². The molecule has 0 spiro atoms. The molecule has 4 nitrogen and oxygen atoms in total. The summed E-state index contributed by atoms with van der Waals surface area (Å²) in [6, 6.07) is 7.15. The van der Waals surface area contributed by atoms with E-state index in [1.54, 1.807) is 31.4 Å². The first kappa shape index (κ1) is 15.8. The Kier molecular flexibility index (Phi) is 4.88. The fraction of sp³-hybridized carbons (Fsp3) is 0.588. The van der Waals surface area contributed by atoms with Gasteiger partial charge in [-0.3, -0.25) is 4.79 Å². The minimum atomic E-state index is -0.0442. The van der Waals surface area contributed by atoms with Gasteiger partial charge >= 0.3 is 0 Å². The molecule has 1 aromatic rings. The van der Waals surface area contributed by atoms with Gasteiger partial charge in [0, 0.05) is 24.6 Å². The summed E-state index contributed by atoms with van der Waals surface area (Å²) in [6.45, 7) is 7.99. The van der Waals surface area contributed by atoms with E-state index in [4.69, 9.17) is 9.47 Å². The molecule has 0 aromatic heterocycles. The number of methoxy groups -OCH3 is 1. The lowest BCUT2D eigenvalue weighted by atomic mass is 9.81. The highest BCUT2D eigenvalue weighted by atomic mass is 16.5. The van der Waals surface area contributed by atoms with Gasteiger partial charge in [0.25, 0.3) is 5.91 Å². The maximum atomic E-state index is 12.2. The molecule has 2 atom stereocenters. The molecule has 0 radical (unpaired) electrons. The number of nitrogens with one attached hydrogen (secondary N) is 1. The zero-order valence-corrected chi connectivity index (χ0v) is 13.3. The third kappa shape index (κ3) is 3.97. The molecule has 1 amide bonds. The number of amides is 1. The van der Waals surface area contributed by atoms with Crippen LogP contribution in [0.5, 0.6) is 5.75 Å². The normalized spacial score (nSPS) is 22.1. The van der Waals surface area contributed by atoms with Crippen molar-refractivity contribution in [1.82, 2.24) is 5.32 Å². The lowest BCUT2D eigenvalue weighted by Gasteiger charge is -2.31. The second-order valence-electron chi connectivity index (χ2n) is 6.64. The van der Waals surface area contributed by atoms with Gasteiger partial charge in [-0.2, -0.15) is 0 Å². The van der Waals surface area contributed by atoms with Gasteiger partial charge in [0.1, 0.15) is 5.75 Å². The Morgan fingerprint density at radius 3 is 2.57 bits per heavy atom. The molecule has 0 aliphatic carbocycles. The van der Waals surface area contributed by atoms with Crippen molar-refractivity contribution in [2.75, 3.05) is 20.3 Å². The molecule has 1 fully saturated rings. The molecular weight excluding hydrogens is 266 g/mol. The molecule has 1 aromatic carbocycles. The fourth-order valence-electron chi connectivity index (χ4n) is 2.87. The van der Waals surface area contributed by atoms with Gasteiger partial charge in [-0.1, -0.05) is 20.8 Å². The predicted octanol–water partition coefficient (Wildman–Crippen LogP) is 2.88. The number of carbonyl (C=O) groups excluding carboxylic acids is 1. The standard InChI is InChI=1S/C17H25NO3/c1-17(2,3)15-13(9-10-21-15)11-18-16(19)12-5-7-14(20-4)8-6-12/h5-8,13,15H,9-11H2,1-4H3,(H,18,19)/t13-,15+/m1/s1. The summed E-state index contributed by atoms with van der Waals surface area (Å²) in [5.41, 5.74) is 0.758. The lowest BCUT2D eigenvalue weighted by molar-refractivity contribution is 0.00737. The Hall–Kier alpha value is -1.55. The van der Waals surface area contributed by atoms with E-state index in [9.17, 15) is 4.79 Å². The molecule has 0 bridgehead atoms. The van der Waals surface area contributed by atoms with Crippen LogP contribution in [0.2, 0.25) is 0 Å². The van der Waals surface area contributed by atoms with Crippen LogP contribution in [0.1, 0.15) is 37.6 Å². The van der Waals surface area contributed by atoms with Gasteiger partial charge in [-0.15, -0.1) is 0 Å². The van der Waals surface area contributed by atoms with Crippen molar-refractivity contribution in [3.05, 3.63) is 29.8 Å². The molecule has 1 heterocycles. The van der Waals surface area contributed by atoms with Gasteiger partial charge in [-0.25, -0.2) is 0 Å². The van der Waals surface area contributed by atoms with Crippen molar-refractivity contribution in [1.29, 1.82) is 0 Å². The molecule has 0 unspecified atom stereocenters. The Morgan fingerprint density at radius 1 is 1.33 bits per heavy atom. The maximum Gasteiger partial charge on any atom is 0.251 e. The third-order valence-electron chi connectivity index (χ3n) is 3.94. The number of carbonyl (C=O) groups is 1. The Balaban J connectivity index is 1.91. The molecule has 1 N–H and O–H groups in total. The number of hydrogen-bond acceptors (Lipinski definition) is 3. The third-order valence-corrected chi connectivity index (χ3v) is 3.94. The summed E-state index contributed by atoms with van der Waals surface area (Å²) in [4.78, 5) is 12.2.